The molecule has 2 aromatic rings. The number of hydrogen-bond donors (Lipinski definition) is 1. The summed E-state index contributed by atoms with van der Waals surface area (Å²) in [5, 5.41) is 2.96. The molecule has 1 aromatic heterocycles. The van der Waals surface area contributed by atoms with Crippen LogP contribution in [0.4, 0.5) is 5.13 Å². The molecule has 4 nitrogen and oxygen atoms in total. The van der Waals surface area contributed by atoms with E-state index in [0.29, 0.717) is 15.8 Å². The minimum atomic E-state index is -0.0443. The molecular formula is C14H16ClN3OS. The van der Waals surface area contributed by atoms with E-state index in [9.17, 15) is 4.79 Å². The number of thiazole rings is 1. The van der Waals surface area contributed by atoms with Gasteiger partial charge in [-0.25, -0.2) is 4.98 Å². The highest BCUT2D eigenvalue weighted by Crippen LogP contribution is 2.22. The second-order valence-corrected chi connectivity index (χ2v) is 5.92. The zero-order chi connectivity index (χ0) is 14.7. The Morgan fingerprint density at radius 1 is 1.55 bits per heavy atom. The molecule has 1 atom stereocenters. The molecule has 0 saturated carbocycles. The van der Waals surface area contributed by atoms with Crippen LogP contribution < -0.4 is 5.73 Å². The Hall–Kier alpha value is -1.59. The van der Waals surface area contributed by atoms with Crippen molar-refractivity contribution in [2.24, 2.45) is 0 Å². The monoisotopic (exact) mass is 309 g/mol. The maximum atomic E-state index is 12.2. The Balaban J connectivity index is 2.06. The van der Waals surface area contributed by atoms with Crippen molar-refractivity contribution in [3.05, 3.63) is 45.9 Å². The van der Waals surface area contributed by atoms with Crippen molar-refractivity contribution >= 4 is 34.0 Å². The number of anilines is 1. The van der Waals surface area contributed by atoms with Gasteiger partial charge in [0, 0.05) is 17.5 Å². The van der Waals surface area contributed by atoms with Gasteiger partial charge >= 0.3 is 0 Å². The van der Waals surface area contributed by atoms with Crippen molar-refractivity contribution < 1.29 is 4.79 Å². The van der Waals surface area contributed by atoms with Crippen LogP contribution in [0.3, 0.4) is 0 Å². The predicted octanol–water partition coefficient (Wildman–Crippen LogP) is 3.14. The first-order valence-corrected chi connectivity index (χ1v) is 7.44. The summed E-state index contributed by atoms with van der Waals surface area (Å²) in [4.78, 5) is 18.0. The van der Waals surface area contributed by atoms with Gasteiger partial charge in [0.15, 0.2) is 5.13 Å². The second-order valence-electron chi connectivity index (χ2n) is 4.59. The highest BCUT2D eigenvalue weighted by molar-refractivity contribution is 7.13. The third-order valence-electron chi connectivity index (χ3n) is 3.21. The molecule has 0 radical (unpaired) electrons. The number of benzene rings is 1. The minimum Gasteiger partial charge on any atom is -0.375 e. The van der Waals surface area contributed by atoms with Gasteiger partial charge in [-0.05, 0) is 24.6 Å². The fourth-order valence-corrected chi connectivity index (χ4v) is 2.65. The molecule has 1 heterocycles. The summed E-state index contributed by atoms with van der Waals surface area (Å²) in [7, 11) is 1.78. The average Bonchev–Trinajstić information content (AvgIpc) is 2.82. The molecule has 1 unspecified atom stereocenters. The number of halogens is 1. The van der Waals surface area contributed by atoms with Crippen LogP contribution in [-0.2, 0) is 11.2 Å². The Kier molecular flexibility index (Phi) is 4.62. The van der Waals surface area contributed by atoms with Gasteiger partial charge in [0.25, 0.3) is 0 Å². The molecule has 1 aromatic carbocycles. The van der Waals surface area contributed by atoms with Crippen LogP contribution in [0.2, 0.25) is 5.02 Å². The Morgan fingerprint density at radius 2 is 2.30 bits per heavy atom. The Bertz CT molecular complexity index is 614. The van der Waals surface area contributed by atoms with Crippen molar-refractivity contribution in [3.8, 4) is 0 Å². The van der Waals surface area contributed by atoms with Crippen molar-refractivity contribution in [2.45, 2.75) is 19.4 Å². The zero-order valence-electron chi connectivity index (χ0n) is 11.3. The molecule has 0 aliphatic rings. The summed E-state index contributed by atoms with van der Waals surface area (Å²) in [6, 6.07) is 7.49. The van der Waals surface area contributed by atoms with Gasteiger partial charge in [-0.1, -0.05) is 23.7 Å². The number of nitrogens with two attached hydrogens (primary N) is 1. The lowest BCUT2D eigenvalue weighted by molar-refractivity contribution is -0.131. The van der Waals surface area contributed by atoms with Crippen LogP contribution in [0.1, 0.15) is 24.2 Å². The standard InChI is InChI=1S/C14H16ClN3OS/c1-9(10-4-3-5-11(15)6-10)18(2)13(19)7-12-8-20-14(16)17-12/h3-6,8-9H,7H2,1-2H3,(H2,16,17). The van der Waals surface area contributed by atoms with E-state index in [2.05, 4.69) is 4.98 Å². The zero-order valence-corrected chi connectivity index (χ0v) is 12.9. The van der Waals surface area contributed by atoms with Crippen LogP contribution in [0.5, 0.6) is 0 Å². The van der Waals surface area contributed by atoms with Crippen molar-refractivity contribution in [3.63, 3.8) is 0 Å². The Labute approximate surface area is 127 Å². The van der Waals surface area contributed by atoms with Crippen molar-refractivity contribution in [1.29, 1.82) is 0 Å². The highest BCUT2D eigenvalue weighted by atomic mass is 35.5. The molecule has 106 valence electrons. The smallest absolute Gasteiger partial charge is 0.228 e. The topological polar surface area (TPSA) is 59.2 Å². The van der Waals surface area contributed by atoms with Gasteiger partial charge < -0.3 is 10.6 Å². The van der Waals surface area contributed by atoms with E-state index in [4.69, 9.17) is 17.3 Å². The van der Waals surface area contributed by atoms with E-state index in [1.54, 1.807) is 11.9 Å². The van der Waals surface area contributed by atoms with Crippen LogP contribution in [0, 0.1) is 0 Å². The van der Waals surface area contributed by atoms with Crippen LogP contribution in [0.25, 0.3) is 0 Å². The molecule has 0 fully saturated rings. The van der Waals surface area contributed by atoms with E-state index >= 15 is 0 Å². The third kappa shape index (κ3) is 3.49. The molecule has 0 aliphatic carbocycles. The van der Waals surface area contributed by atoms with E-state index in [-0.39, 0.29) is 18.4 Å². The normalized spacial score (nSPS) is 12.2. The van der Waals surface area contributed by atoms with Gasteiger partial charge in [0.1, 0.15) is 0 Å². The first-order chi connectivity index (χ1) is 9.47. The van der Waals surface area contributed by atoms with Gasteiger partial charge in [0.05, 0.1) is 18.2 Å². The summed E-state index contributed by atoms with van der Waals surface area (Å²) in [5.74, 6) is 0.00257. The SMILES string of the molecule is CC(c1cccc(Cl)c1)N(C)C(=O)Cc1csc(N)n1. The summed E-state index contributed by atoms with van der Waals surface area (Å²) in [6.07, 6.45) is 0.259. The minimum absolute atomic E-state index is 0.00257. The van der Waals surface area contributed by atoms with Crippen LogP contribution in [0.15, 0.2) is 29.6 Å². The summed E-state index contributed by atoms with van der Waals surface area (Å²) in [6.45, 7) is 1.97. The van der Waals surface area contributed by atoms with Crippen LogP contribution in [-0.4, -0.2) is 22.8 Å². The molecule has 0 bridgehead atoms. The predicted molar refractivity (Wildman–Crippen MR) is 82.9 cm³/mol. The van der Waals surface area contributed by atoms with E-state index in [0.717, 1.165) is 5.56 Å². The van der Waals surface area contributed by atoms with Gasteiger partial charge in [0.2, 0.25) is 5.91 Å². The maximum Gasteiger partial charge on any atom is 0.228 e. The number of amides is 1. The van der Waals surface area contributed by atoms with E-state index < -0.39 is 0 Å². The highest BCUT2D eigenvalue weighted by Gasteiger charge is 2.18. The molecule has 6 heteroatoms. The van der Waals surface area contributed by atoms with Crippen molar-refractivity contribution in [1.82, 2.24) is 9.88 Å². The molecular weight excluding hydrogens is 294 g/mol. The fraction of sp³-hybridized carbons (Fsp3) is 0.286. The van der Waals surface area contributed by atoms with Gasteiger partial charge in [-0.2, -0.15) is 0 Å². The first-order valence-electron chi connectivity index (χ1n) is 6.18. The number of nitrogens with zero attached hydrogens (tertiary/aromatic N) is 2. The number of carbonyl (C=O) groups is 1. The second kappa shape index (κ2) is 6.24. The van der Waals surface area contributed by atoms with Gasteiger partial charge in [-0.3, -0.25) is 4.79 Å². The lowest BCUT2D eigenvalue weighted by atomic mass is 10.1. The number of rotatable bonds is 4. The van der Waals surface area contributed by atoms with Crippen molar-refractivity contribution in [2.75, 3.05) is 12.8 Å². The van der Waals surface area contributed by atoms with E-state index in [1.165, 1.54) is 11.3 Å². The Morgan fingerprint density at radius 3 is 2.90 bits per heavy atom. The fourth-order valence-electron chi connectivity index (χ4n) is 1.89. The lowest BCUT2D eigenvalue weighted by Crippen LogP contribution is -2.31. The quantitative estimate of drug-likeness (QED) is 0.944. The average molecular weight is 310 g/mol. The third-order valence-corrected chi connectivity index (χ3v) is 4.17. The molecule has 2 rings (SSSR count). The number of hydrogen-bond acceptors (Lipinski definition) is 4. The molecule has 2 N–H and O–H groups in total. The number of aromatic nitrogens is 1. The first kappa shape index (κ1) is 14.8. The number of carbonyl (C=O) groups excluding carboxylic acids is 1. The van der Waals surface area contributed by atoms with Gasteiger partial charge in [-0.15, -0.1) is 11.3 Å². The molecule has 1 amide bonds. The molecule has 0 saturated heterocycles. The number of likely N-dealkylation sites (N-methyl/N-ethyl adjacent to an activating group) is 1. The van der Waals surface area contributed by atoms with E-state index in [1.807, 2.05) is 36.6 Å². The lowest BCUT2D eigenvalue weighted by Gasteiger charge is -2.25. The summed E-state index contributed by atoms with van der Waals surface area (Å²) in [5.41, 5.74) is 7.28. The molecule has 0 aliphatic heterocycles. The summed E-state index contributed by atoms with van der Waals surface area (Å²) >= 11 is 7.32. The summed E-state index contributed by atoms with van der Waals surface area (Å²) < 4.78 is 0. The molecule has 0 spiro atoms. The molecule has 20 heavy (non-hydrogen) atoms. The maximum absolute atomic E-state index is 12.2. The number of nitrogen functional groups attached to an aromatic ring is 1. The largest absolute Gasteiger partial charge is 0.375 e. The van der Waals surface area contributed by atoms with Crippen LogP contribution >= 0.6 is 22.9 Å².